The zero-order valence-corrected chi connectivity index (χ0v) is 16.3. The number of fused-ring (bicyclic) bond motifs is 1. The lowest BCUT2D eigenvalue weighted by Crippen LogP contribution is -2.42. The Morgan fingerprint density at radius 3 is 2.71 bits per heavy atom. The number of carbonyl (C=O) groups excluding carboxylic acids is 2. The smallest absolute Gasteiger partial charge is 0.337 e. The number of likely N-dealkylation sites (tertiary alicyclic amines) is 1. The van der Waals surface area contributed by atoms with E-state index in [1.165, 1.54) is 18.6 Å². The summed E-state index contributed by atoms with van der Waals surface area (Å²) in [4.78, 5) is 26.8. The summed E-state index contributed by atoms with van der Waals surface area (Å²) in [6.45, 7) is 1.32. The maximum atomic E-state index is 12.6. The average Bonchev–Trinajstić information content (AvgIpc) is 3.37. The van der Waals surface area contributed by atoms with E-state index < -0.39 is 12.1 Å². The van der Waals surface area contributed by atoms with E-state index in [0.29, 0.717) is 42.1 Å². The fourth-order valence-corrected chi connectivity index (χ4v) is 4.72. The largest absolute Gasteiger partial charge is 0.488 e. The molecule has 0 unspecified atom stereocenters. The van der Waals surface area contributed by atoms with Gasteiger partial charge in [-0.15, -0.1) is 0 Å². The second kappa shape index (κ2) is 7.89. The highest BCUT2D eigenvalue weighted by molar-refractivity contribution is 7.08. The molecule has 1 amide bonds. The predicted molar refractivity (Wildman–Crippen MR) is 102 cm³/mol. The molecule has 1 aromatic heterocycles. The number of methoxy groups -OCH3 is 1. The Morgan fingerprint density at radius 2 is 2.00 bits per heavy atom. The van der Waals surface area contributed by atoms with Gasteiger partial charge in [0.25, 0.3) is 5.91 Å². The van der Waals surface area contributed by atoms with E-state index >= 15 is 0 Å². The molecule has 2 fully saturated rings. The van der Waals surface area contributed by atoms with Crippen molar-refractivity contribution in [1.82, 2.24) is 9.27 Å². The van der Waals surface area contributed by atoms with Gasteiger partial charge in [-0.3, -0.25) is 4.79 Å². The van der Waals surface area contributed by atoms with Crippen LogP contribution >= 0.6 is 11.5 Å². The predicted octanol–water partition coefficient (Wildman–Crippen LogP) is 2.22. The minimum Gasteiger partial charge on any atom is -0.488 e. The van der Waals surface area contributed by atoms with Gasteiger partial charge in [-0.1, -0.05) is 6.07 Å². The Balaban J connectivity index is 1.42. The van der Waals surface area contributed by atoms with Crippen molar-refractivity contribution in [2.75, 3.05) is 20.2 Å². The number of ether oxygens (including phenoxy) is 2. The summed E-state index contributed by atoms with van der Waals surface area (Å²) in [5, 5.41) is 10.6. The van der Waals surface area contributed by atoms with Gasteiger partial charge in [-0.25, -0.2) is 9.17 Å². The number of aliphatic hydroxyl groups is 1. The molecule has 148 valence electrons. The van der Waals surface area contributed by atoms with Crippen LogP contribution in [-0.4, -0.2) is 58.7 Å². The molecule has 1 saturated heterocycles. The van der Waals surface area contributed by atoms with Gasteiger partial charge in [0.15, 0.2) is 0 Å². The van der Waals surface area contributed by atoms with E-state index in [0.717, 1.165) is 0 Å². The number of carbonyl (C=O) groups is 2. The van der Waals surface area contributed by atoms with Gasteiger partial charge in [0, 0.05) is 19.3 Å². The topological polar surface area (TPSA) is 89.0 Å². The molecule has 1 N–H and O–H groups in total. The van der Waals surface area contributed by atoms with Crippen molar-refractivity contribution in [3.63, 3.8) is 0 Å². The number of aromatic nitrogens is 1. The normalized spacial score (nSPS) is 26.6. The zero-order chi connectivity index (χ0) is 19.7. The first-order chi connectivity index (χ1) is 13.5. The van der Waals surface area contributed by atoms with Crippen LogP contribution < -0.4 is 4.74 Å². The molecule has 1 aromatic carbocycles. The highest BCUT2D eigenvalue weighted by Crippen LogP contribution is 2.38. The number of esters is 1. The number of rotatable bonds is 4. The lowest BCUT2D eigenvalue weighted by atomic mass is 9.78. The summed E-state index contributed by atoms with van der Waals surface area (Å²) in [5.41, 5.74) is 0.408. The second-order valence-corrected chi connectivity index (χ2v) is 8.15. The monoisotopic (exact) mass is 402 g/mol. The van der Waals surface area contributed by atoms with Crippen molar-refractivity contribution in [2.45, 2.75) is 25.0 Å². The molecule has 0 bridgehead atoms. The molecule has 4 atom stereocenters. The molecule has 4 rings (SSSR count). The SMILES string of the molecule is COC(=O)c1cccc(O[C@@H]2C[C@@H]3CN(C(=O)c4ccns4)C[C@@H]3C[C@H]2O)c1. The fraction of sp³-hybridized carbons (Fsp3) is 0.450. The van der Waals surface area contributed by atoms with Gasteiger partial charge in [0.05, 0.1) is 18.8 Å². The van der Waals surface area contributed by atoms with Crippen LogP contribution in [0.2, 0.25) is 0 Å². The van der Waals surface area contributed by atoms with E-state index in [4.69, 9.17) is 9.47 Å². The molecule has 7 nitrogen and oxygen atoms in total. The van der Waals surface area contributed by atoms with E-state index in [9.17, 15) is 14.7 Å². The average molecular weight is 402 g/mol. The van der Waals surface area contributed by atoms with Gasteiger partial charge in [0.1, 0.15) is 16.7 Å². The number of benzene rings is 1. The van der Waals surface area contributed by atoms with Crippen LogP contribution in [0.4, 0.5) is 0 Å². The Hall–Kier alpha value is -2.45. The first-order valence-electron chi connectivity index (χ1n) is 9.28. The van der Waals surface area contributed by atoms with Gasteiger partial charge >= 0.3 is 5.97 Å². The molecule has 8 heteroatoms. The van der Waals surface area contributed by atoms with Crippen molar-refractivity contribution in [1.29, 1.82) is 0 Å². The quantitative estimate of drug-likeness (QED) is 0.789. The summed E-state index contributed by atoms with van der Waals surface area (Å²) >= 11 is 1.21. The summed E-state index contributed by atoms with van der Waals surface area (Å²) < 4.78 is 14.8. The van der Waals surface area contributed by atoms with Crippen molar-refractivity contribution in [2.24, 2.45) is 11.8 Å². The molecule has 28 heavy (non-hydrogen) atoms. The van der Waals surface area contributed by atoms with Crippen LogP contribution in [0.15, 0.2) is 36.5 Å². The zero-order valence-electron chi connectivity index (χ0n) is 15.5. The molecule has 1 aliphatic carbocycles. The molecular formula is C20H22N2O5S. The lowest BCUT2D eigenvalue weighted by Gasteiger charge is -2.35. The molecule has 2 aromatic rings. The molecule has 2 heterocycles. The van der Waals surface area contributed by atoms with Crippen molar-refractivity contribution in [3.8, 4) is 5.75 Å². The first kappa shape index (κ1) is 18.9. The van der Waals surface area contributed by atoms with E-state index in [1.807, 2.05) is 4.90 Å². The number of hydrogen-bond donors (Lipinski definition) is 1. The Bertz CT molecular complexity index is 856. The Morgan fingerprint density at radius 1 is 1.21 bits per heavy atom. The van der Waals surface area contributed by atoms with E-state index in [2.05, 4.69) is 4.37 Å². The van der Waals surface area contributed by atoms with Crippen LogP contribution in [0.5, 0.6) is 5.75 Å². The van der Waals surface area contributed by atoms with Crippen LogP contribution in [0.25, 0.3) is 0 Å². The number of aliphatic hydroxyl groups excluding tert-OH is 1. The third-order valence-corrected chi connectivity index (χ3v) is 6.30. The fourth-order valence-electron chi connectivity index (χ4n) is 4.15. The van der Waals surface area contributed by atoms with E-state index in [-0.39, 0.29) is 23.8 Å². The summed E-state index contributed by atoms with van der Waals surface area (Å²) in [7, 11) is 1.33. The summed E-state index contributed by atoms with van der Waals surface area (Å²) in [6.07, 6.45) is 1.92. The molecule has 0 spiro atoms. The lowest BCUT2D eigenvalue weighted by molar-refractivity contribution is -0.0231. The van der Waals surface area contributed by atoms with Crippen LogP contribution in [0.3, 0.4) is 0 Å². The van der Waals surface area contributed by atoms with Crippen molar-refractivity contribution in [3.05, 3.63) is 47.0 Å². The van der Waals surface area contributed by atoms with E-state index in [1.54, 1.807) is 36.5 Å². The molecule has 2 aliphatic rings. The summed E-state index contributed by atoms with van der Waals surface area (Å²) in [5.74, 6) is 0.667. The first-order valence-corrected chi connectivity index (χ1v) is 10.1. The van der Waals surface area contributed by atoms with Gasteiger partial charge < -0.3 is 19.5 Å². The molecule has 0 radical (unpaired) electrons. The summed E-state index contributed by atoms with van der Waals surface area (Å²) in [6, 6.07) is 8.51. The van der Waals surface area contributed by atoms with Crippen molar-refractivity contribution >= 4 is 23.4 Å². The number of nitrogens with zero attached hydrogens (tertiary/aromatic N) is 2. The number of hydrogen-bond acceptors (Lipinski definition) is 7. The Labute approximate surface area is 167 Å². The van der Waals surface area contributed by atoms with Gasteiger partial charge in [-0.2, -0.15) is 0 Å². The van der Waals surface area contributed by atoms with Crippen LogP contribution in [0.1, 0.15) is 32.9 Å². The molecular weight excluding hydrogens is 380 g/mol. The van der Waals surface area contributed by atoms with Crippen molar-refractivity contribution < 1.29 is 24.2 Å². The van der Waals surface area contributed by atoms with Gasteiger partial charge in [-0.05, 0) is 60.5 Å². The highest BCUT2D eigenvalue weighted by Gasteiger charge is 2.44. The number of amides is 1. The third-order valence-electron chi connectivity index (χ3n) is 5.56. The highest BCUT2D eigenvalue weighted by atomic mass is 32.1. The maximum Gasteiger partial charge on any atom is 0.337 e. The minimum atomic E-state index is -0.610. The second-order valence-electron chi connectivity index (χ2n) is 7.32. The Kier molecular flexibility index (Phi) is 5.32. The molecule has 1 aliphatic heterocycles. The molecule has 1 saturated carbocycles. The van der Waals surface area contributed by atoms with Gasteiger partial charge in [0.2, 0.25) is 0 Å². The maximum absolute atomic E-state index is 12.6. The third kappa shape index (κ3) is 3.74. The van der Waals surface area contributed by atoms with Crippen LogP contribution in [0, 0.1) is 11.8 Å². The minimum absolute atomic E-state index is 0.00892. The van der Waals surface area contributed by atoms with Crippen LogP contribution in [-0.2, 0) is 4.74 Å². The standard InChI is InChI=1S/C20H22N2O5S/c1-26-20(25)12-3-2-4-15(7-12)27-17-9-14-11-22(10-13(14)8-16(17)23)19(24)18-5-6-21-28-18/h2-7,13-14,16-17,23H,8-11H2,1H3/t13-,14+,16+,17+/m0/s1.